The van der Waals surface area contributed by atoms with E-state index >= 15 is 0 Å². The van der Waals surface area contributed by atoms with Gasteiger partial charge in [0.1, 0.15) is 5.15 Å². The first kappa shape index (κ1) is 22.5. The Balaban J connectivity index is 1.35. The van der Waals surface area contributed by atoms with E-state index in [0.29, 0.717) is 5.82 Å². The van der Waals surface area contributed by atoms with Crippen LogP contribution in [0.3, 0.4) is 0 Å². The second-order valence-corrected chi connectivity index (χ2v) is 8.57. The van der Waals surface area contributed by atoms with Crippen LogP contribution in [0.2, 0.25) is 5.15 Å². The molecule has 1 saturated carbocycles. The summed E-state index contributed by atoms with van der Waals surface area (Å²) < 4.78 is 48.4. The third-order valence-electron chi connectivity index (χ3n) is 5.17. The number of hydrogen-bond donors (Lipinski definition) is 1. The summed E-state index contributed by atoms with van der Waals surface area (Å²) >= 11 is 7.35. The van der Waals surface area contributed by atoms with Crippen molar-refractivity contribution < 1.29 is 22.7 Å². The number of rotatable bonds is 8. The van der Waals surface area contributed by atoms with Crippen LogP contribution < -0.4 is 9.46 Å². The van der Waals surface area contributed by atoms with Crippen molar-refractivity contribution in [2.45, 2.75) is 30.3 Å². The average Bonchev–Trinajstić information content (AvgIpc) is 3.43. The molecule has 0 bridgehead atoms. The highest BCUT2D eigenvalue weighted by molar-refractivity contribution is 7.98. The number of amides is 1. The summed E-state index contributed by atoms with van der Waals surface area (Å²) in [4.78, 5) is 17.4. The number of alkyl halides is 3. The molecule has 1 aliphatic rings. The van der Waals surface area contributed by atoms with Crippen molar-refractivity contribution in [3.05, 3.63) is 65.4 Å². The van der Waals surface area contributed by atoms with Gasteiger partial charge in [0, 0.05) is 17.2 Å². The van der Waals surface area contributed by atoms with Crippen molar-refractivity contribution in [3.8, 4) is 11.7 Å². The van der Waals surface area contributed by atoms with Crippen molar-refractivity contribution in [2.75, 3.05) is 6.61 Å². The number of carbonyl (C=O) groups excluding carboxylic acids is 1. The van der Waals surface area contributed by atoms with E-state index in [9.17, 15) is 18.0 Å². The summed E-state index contributed by atoms with van der Waals surface area (Å²) in [6.45, 7) is -0.0805. The molecular formula is C21H18ClF3N4O2S. The number of halogens is 4. The van der Waals surface area contributed by atoms with Crippen LogP contribution in [-0.4, -0.2) is 33.5 Å². The number of nitrogens with zero attached hydrogens (tertiary/aromatic N) is 3. The van der Waals surface area contributed by atoms with Gasteiger partial charge in [-0.15, -0.1) is 5.10 Å². The molecule has 1 N–H and O–H groups in total. The molecule has 6 nitrogen and oxygen atoms in total. The molecule has 0 saturated heterocycles. The summed E-state index contributed by atoms with van der Waals surface area (Å²) in [5.41, 5.74) is -1.41. The number of pyridine rings is 1. The fourth-order valence-corrected chi connectivity index (χ4v) is 3.91. The second-order valence-electron chi connectivity index (χ2n) is 7.33. The van der Waals surface area contributed by atoms with Crippen molar-refractivity contribution in [1.29, 1.82) is 0 Å². The molecule has 168 valence electrons. The van der Waals surface area contributed by atoms with Gasteiger partial charge >= 0.3 is 6.18 Å². The molecule has 11 heteroatoms. The predicted octanol–water partition coefficient (Wildman–Crippen LogP) is 5.47. The largest absolute Gasteiger partial charge is 0.477 e. The standard InChI is InChI=1S/C21H18ClF3N4O2S/c22-18-15(19(30)28-32-14-4-2-1-3-5-14)6-7-16(26-18)29-12-8-17(27-29)31-13-11-20(9-10-20)21(23,24)25/h1-8,12H,9-11,13H2,(H,28,30). The predicted molar refractivity (Wildman–Crippen MR) is 114 cm³/mol. The Hall–Kier alpha value is -2.72. The zero-order valence-electron chi connectivity index (χ0n) is 16.6. The number of carbonyl (C=O) groups is 1. The number of ether oxygens (including phenoxy) is 1. The molecule has 0 unspecified atom stereocenters. The monoisotopic (exact) mass is 482 g/mol. The lowest BCUT2D eigenvalue weighted by Gasteiger charge is -2.18. The molecule has 0 spiro atoms. The van der Waals surface area contributed by atoms with Gasteiger partial charge in [-0.25, -0.2) is 9.67 Å². The fraction of sp³-hybridized carbons (Fsp3) is 0.286. The maximum Gasteiger partial charge on any atom is 0.394 e. The van der Waals surface area contributed by atoms with Crippen molar-refractivity contribution in [1.82, 2.24) is 19.5 Å². The highest BCUT2D eigenvalue weighted by Gasteiger charge is 2.62. The summed E-state index contributed by atoms with van der Waals surface area (Å²) in [6, 6.07) is 13.9. The first-order valence-electron chi connectivity index (χ1n) is 9.72. The molecule has 0 atom stereocenters. The van der Waals surface area contributed by atoms with Crippen LogP contribution in [0, 0.1) is 5.41 Å². The lowest BCUT2D eigenvalue weighted by Crippen LogP contribution is -2.26. The maximum atomic E-state index is 13.0. The molecule has 1 aliphatic carbocycles. The molecule has 1 amide bonds. The Morgan fingerprint density at radius 2 is 1.94 bits per heavy atom. The Kier molecular flexibility index (Phi) is 6.34. The Labute approximate surface area is 191 Å². The molecule has 3 aromatic rings. The quantitative estimate of drug-likeness (QED) is 0.340. The maximum absolute atomic E-state index is 13.0. The minimum Gasteiger partial charge on any atom is -0.477 e. The average molecular weight is 483 g/mol. The summed E-state index contributed by atoms with van der Waals surface area (Å²) in [5.74, 6) is 0.124. The minimum absolute atomic E-state index is 0.00696. The zero-order valence-corrected chi connectivity index (χ0v) is 18.2. The van der Waals surface area contributed by atoms with Gasteiger partial charge in [0.25, 0.3) is 5.91 Å². The van der Waals surface area contributed by atoms with Crippen LogP contribution in [0.25, 0.3) is 5.82 Å². The van der Waals surface area contributed by atoms with Gasteiger partial charge < -0.3 is 4.74 Å². The SMILES string of the molecule is O=C(NSc1ccccc1)c1ccc(-n2ccc(OCCC3(C(F)(F)F)CC3)n2)nc1Cl. The van der Waals surface area contributed by atoms with Crippen LogP contribution in [-0.2, 0) is 0 Å². The third-order valence-corrected chi connectivity index (χ3v) is 6.25. The van der Waals surface area contributed by atoms with E-state index in [2.05, 4.69) is 14.8 Å². The van der Waals surface area contributed by atoms with Gasteiger partial charge in [0.2, 0.25) is 5.88 Å². The Morgan fingerprint density at radius 3 is 2.59 bits per heavy atom. The normalized spacial score (nSPS) is 14.8. The highest BCUT2D eigenvalue weighted by Crippen LogP contribution is 2.59. The van der Waals surface area contributed by atoms with Gasteiger partial charge in [-0.3, -0.25) is 9.52 Å². The number of hydrogen-bond acceptors (Lipinski definition) is 5. The number of benzene rings is 1. The van der Waals surface area contributed by atoms with Crippen LogP contribution in [0.15, 0.2) is 59.6 Å². The lowest BCUT2D eigenvalue weighted by molar-refractivity contribution is -0.190. The van der Waals surface area contributed by atoms with E-state index in [1.165, 1.54) is 16.8 Å². The van der Waals surface area contributed by atoms with Gasteiger partial charge in [0.15, 0.2) is 5.82 Å². The molecular weight excluding hydrogens is 465 g/mol. The van der Waals surface area contributed by atoms with E-state index in [-0.39, 0.29) is 42.5 Å². The Bertz CT molecular complexity index is 1100. The lowest BCUT2D eigenvalue weighted by atomic mass is 10.0. The third kappa shape index (κ3) is 5.02. The molecule has 1 fully saturated rings. The van der Waals surface area contributed by atoms with Gasteiger partial charge in [-0.2, -0.15) is 13.2 Å². The highest BCUT2D eigenvalue weighted by atomic mass is 35.5. The van der Waals surface area contributed by atoms with Gasteiger partial charge in [-0.1, -0.05) is 29.8 Å². The van der Waals surface area contributed by atoms with Crippen molar-refractivity contribution in [2.24, 2.45) is 5.41 Å². The van der Waals surface area contributed by atoms with Crippen molar-refractivity contribution in [3.63, 3.8) is 0 Å². The van der Waals surface area contributed by atoms with Crippen LogP contribution >= 0.6 is 23.5 Å². The van der Waals surface area contributed by atoms with E-state index in [1.807, 2.05) is 30.3 Å². The minimum atomic E-state index is -4.20. The summed E-state index contributed by atoms with van der Waals surface area (Å²) in [7, 11) is 0. The van der Waals surface area contributed by atoms with E-state index in [0.717, 1.165) is 16.8 Å². The van der Waals surface area contributed by atoms with Crippen LogP contribution in [0.4, 0.5) is 13.2 Å². The molecule has 0 radical (unpaired) electrons. The fourth-order valence-electron chi connectivity index (χ4n) is 3.06. The molecule has 2 heterocycles. The van der Waals surface area contributed by atoms with Gasteiger partial charge in [-0.05, 0) is 55.5 Å². The Morgan fingerprint density at radius 1 is 1.19 bits per heavy atom. The first-order valence-corrected chi connectivity index (χ1v) is 10.9. The molecule has 32 heavy (non-hydrogen) atoms. The van der Waals surface area contributed by atoms with E-state index < -0.39 is 17.5 Å². The molecule has 0 aliphatic heterocycles. The molecule has 2 aromatic heterocycles. The van der Waals surface area contributed by atoms with Crippen molar-refractivity contribution >= 4 is 29.5 Å². The van der Waals surface area contributed by atoms with Crippen LogP contribution in [0.5, 0.6) is 5.88 Å². The van der Waals surface area contributed by atoms with E-state index in [4.69, 9.17) is 16.3 Å². The second kappa shape index (κ2) is 9.03. The number of nitrogens with one attached hydrogen (secondary N) is 1. The summed E-state index contributed by atoms with van der Waals surface area (Å²) in [5, 5.41) is 4.15. The first-order chi connectivity index (χ1) is 15.3. The smallest absolute Gasteiger partial charge is 0.394 e. The van der Waals surface area contributed by atoms with Gasteiger partial charge in [0.05, 0.1) is 17.6 Å². The van der Waals surface area contributed by atoms with E-state index in [1.54, 1.807) is 12.3 Å². The number of aromatic nitrogens is 3. The molecule has 4 rings (SSSR count). The summed E-state index contributed by atoms with van der Waals surface area (Å²) in [6.07, 6.45) is -2.47. The topological polar surface area (TPSA) is 69.0 Å². The van der Waals surface area contributed by atoms with Crippen LogP contribution in [0.1, 0.15) is 29.6 Å². The molecule has 1 aromatic carbocycles. The zero-order chi connectivity index (χ0) is 22.8.